The van der Waals surface area contributed by atoms with Gasteiger partial charge in [0.05, 0.1) is 20.1 Å². The van der Waals surface area contributed by atoms with Crippen LogP contribution < -0.4 is 9.47 Å². The maximum atomic E-state index is 13.0. The van der Waals surface area contributed by atoms with Crippen molar-refractivity contribution in [3.05, 3.63) is 95.6 Å². The summed E-state index contributed by atoms with van der Waals surface area (Å²) in [5.41, 5.74) is 2.99. The Morgan fingerprint density at radius 3 is 2.06 bits per heavy atom. The van der Waals surface area contributed by atoms with Crippen molar-refractivity contribution in [2.24, 2.45) is 0 Å². The van der Waals surface area contributed by atoms with E-state index in [9.17, 15) is 9.59 Å². The SMILES string of the molecule is CCOC(=O)CCC(=O)N(Cc1ccccc1)Cc1ccc(OCc2ccccc2)c(OC)c1. The van der Waals surface area contributed by atoms with E-state index in [1.54, 1.807) is 18.9 Å². The number of nitrogens with zero attached hydrogens (tertiary/aromatic N) is 1. The van der Waals surface area contributed by atoms with Gasteiger partial charge in [0.2, 0.25) is 5.91 Å². The first-order valence-corrected chi connectivity index (χ1v) is 11.4. The van der Waals surface area contributed by atoms with E-state index in [2.05, 4.69) is 0 Å². The lowest BCUT2D eigenvalue weighted by Crippen LogP contribution is -2.30. The minimum absolute atomic E-state index is 0.0630. The van der Waals surface area contributed by atoms with Crippen molar-refractivity contribution in [1.82, 2.24) is 4.90 Å². The third kappa shape index (κ3) is 7.66. The van der Waals surface area contributed by atoms with Gasteiger partial charge in [-0.25, -0.2) is 0 Å². The molecule has 0 heterocycles. The van der Waals surface area contributed by atoms with Crippen LogP contribution in [-0.2, 0) is 34.0 Å². The predicted molar refractivity (Wildman–Crippen MR) is 130 cm³/mol. The molecule has 0 saturated heterocycles. The van der Waals surface area contributed by atoms with Gasteiger partial charge in [0, 0.05) is 19.5 Å². The summed E-state index contributed by atoms with van der Waals surface area (Å²) >= 11 is 0. The molecule has 0 unspecified atom stereocenters. The van der Waals surface area contributed by atoms with E-state index < -0.39 is 0 Å². The molecule has 178 valence electrons. The third-order valence-corrected chi connectivity index (χ3v) is 5.26. The van der Waals surface area contributed by atoms with Crippen LogP contribution in [0.1, 0.15) is 36.5 Å². The van der Waals surface area contributed by atoms with Crippen LogP contribution in [0.5, 0.6) is 11.5 Å². The average molecular weight is 462 g/mol. The van der Waals surface area contributed by atoms with E-state index in [1.165, 1.54) is 0 Å². The molecule has 0 aromatic heterocycles. The van der Waals surface area contributed by atoms with Gasteiger partial charge in [0.25, 0.3) is 0 Å². The highest BCUT2D eigenvalue weighted by atomic mass is 16.5. The third-order valence-electron chi connectivity index (χ3n) is 5.26. The number of amides is 1. The quantitative estimate of drug-likeness (QED) is 0.349. The van der Waals surface area contributed by atoms with E-state index in [0.29, 0.717) is 37.8 Å². The molecule has 0 N–H and O–H groups in total. The molecule has 0 atom stereocenters. The lowest BCUT2D eigenvalue weighted by Gasteiger charge is -2.24. The number of carbonyl (C=O) groups is 2. The molecule has 0 saturated carbocycles. The van der Waals surface area contributed by atoms with Gasteiger partial charge in [-0.3, -0.25) is 9.59 Å². The van der Waals surface area contributed by atoms with E-state index in [0.717, 1.165) is 16.7 Å². The Kier molecular flexibility index (Phi) is 9.52. The lowest BCUT2D eigenvalue weighted by molar-refractivity contribution is -0.146. The fourth-order valence-electron chi connectivity index (χ4n) is 3.52. The zero-order chi connectivity index (χ0) is 24.2. The number of hydrogen-bond acceptors (Lipinski definition) is 5. The maximum Gasteiger partial charge on any atom is 0.306 e. The number of rotatable bonds is 12. The minimum Gasteiger partial charge on any atom is -0.493 e. The normalized spacial score (nSPS) is 10.4. The lowest BCUT2D eigenvalue weighted by atomic mass is 10.1. The largest absolute Gasteiger partial charge is 0.493 e. The first-order chi connectivity index (χ1) is 16.6. The molecule has 3 aromatic carbocycles. The molecule has 0 spiro atoms. The van der Waals surface area contributed by atoms with E-state index >= 15 is 0 Å². The number of hydrogen-bond donors (Lipinski definition) is 0. The van der Waals surface area contributed by atoms with Crippen LogP contribution in [0, 0.1) is 0 Å². The standard InChI is InChI=1S/C28H31NO5/c1-3-33-28(31)17-16-27(30)29(19-22-10-6-4-7-11-22)20-24-14-15-25(26(18-24)32-2)34-21-23-12-8-5-9-13-23/h4-15,18H,3,16-17,19-21H2,1-2H3. The van der Waals surface area contributed by atoms with Crippen LogP contribution in [0.2, 0.25) is 0 Å². The van der Waals surface area contributed by atoms with Gasteiger partial charge >= 0.3 is 5.97 Å². The summed E-state index contributed by atoms with van der Waals surface area (Å²) in [5.74, 6) is 0.766. The molecule has 34 heavy (non-hydrogen) atoms. The van der Waals surface area contributed by atoms with Crippen LogP contribution in [0.15, 0.2) is 78.9 Å². The van der Waals surface area contributed by atoms with Gasteiger partial charge in [-0.1, -0.05) is 66.7 Å². The smallest absolute Gasteiger partial charge is 0.306 e. The van der Waals surface area contributed by atoms with Crippen LogP contribution in [0.4, 0.5) is 0 Å². The van der Waals surface area contributed by atoms with Gasteiger partial charge in [0.1, 0.15) is 6.61 Å². The summed E-state index contributed by atoms with van der Waals surface area (Å²) in [5, 5.41) is 0. The number of carbonyl (C=O) groups excluding carboxylic acids is 2. The molecule has 3 aromatic rings. The topological polar surface area (TPSA) is 65.1 Å². The molecule has 0 bridgehead atoms. The molecular formula is C28H31NO5. The number of methoxy groups -OCH3 is 1. The van der Waals surface area contributed by atoms with E-state index in [1.807, 2.05) is 78.9 Å². The molecule has 6 heteroatoms. The van der Waals surface area contributed by atoms with Crippen molar-refractivity contribution in [2.75, 3.05) is 13.7 Å². The second-order valence-electron chi connectivity index (χ2n) is 7.80. The average Bonchev–Trinajstić information content (AvgIpc) is 2.87. The zero-order valence-corrected chi connectivity index (χ0v) is 19.7. The van der Waals surface area contributed by atoms with Crippen molar-refractivity contribution in [3.63, 3.8) is 0 Å². The fraction of sp³-hybridized carbons (Fsp3) is 0.286. The Morgan fingerprint density at radius 1 is 0.765 bits per heavy atom. The Hall–Kier alpha value is -3.80. The number of benzene rings is 3. The fourth-order valence-corrected chi connectivity index (χ4v) is 3.52. The summed E-state index contributed by atoms with van der Waals surface area (Å²) in [6.45, 7) is 3.31. The molecule has 1 amide bonds. The van der Waals surface area contributed by atoms with Crippen LogP contribution >= 0.6 is 0 Å². The molecule has 0 aliphatic carbocycles. The van der Waals surface area contributed by atoms with Gasteiger partial charge < -0.3 is 19.1 Å². The van der Waals surface area contributed by atoms with Gasteiger partial charge in [-0.05, 0) is 35.7 Å². The Labute approximate surface area is 201 Å². The van der Waals surface area contributed by atoms with Crippen molar-refractivity contribution in [3.8, 4) is 11.5 Å². The Bertz CT molecular complexity index is 1050. The molecule has 0 fully saturated rings. The number of ether oxygens (including phenoxy) is 3. The van der Waals surface area contributed by atoms with Crippen LogP contribution in [0.25, 0.3) is 0 Å². The highest BCUT2D eigenvalue weighted by Gasteiger charge is 2.18. The van der Waals surface area contributed by atoms with Crippen molar-refractivity contribution < 1.29 is 23.8 Å². The van der Waals surface area contributed by atoms with E-state index in [-0.39, 0.29) is 24.7 Å². The van der Waals surface area contributed by atoms with E-state index in [4.69, 9.17) is 14.2 Å². The zero-order valence-electron chi connectivity index (χ0n) is 19.7. The highest BCUT2D eigenvalue weighted by molar-refractivity contribution is 5.81. The van der Waals surface area contributed by atoms with Crippen LogP contribution in [0.3, 0.4) is 0 Å². The summed E-state index contributed by atoms with van der Waals surface area (Å²) < 4.78 is 16.5. The molecule has 3 rings (SSSR count). The predicted octanol–water partition coefficient (Wildman–Crippen LogP) is 5.15. The van der Waals surface area contributed by atoms with Gasteiger partial charge in [-0.15, -0.1) is 0 Å². The van der Waals surface area contributed by atoms with Gasteiger partial charge in [0.15, 0.2) is 11.5 Å². The first-order valence-electron chi connectivity index (χ1n) is 11.4. The second-order valence-corrected chi connectivity index (χ2v) is 7.80. The summed E-state index contributed by atoms with van der Waals surface area (Å²) in [6.07, 6.45) is 0.161. The summed E-state index contributed by atoms with van der Waals surface area (Å²) in [4.78, 5) is 26.5. The Balaban J connectivity index is 1.72. The van der Waals surface area contributed by atoms with Crippen molar-refractivity contribution in [2.45, 2.75) is 39.5 Å². The molecular weight excluding hydrogens is 430 g/mol. The minimum atomic E-state index is -0.364. The number of esters is 1. The van der Waals surface area contributed by atoms with Gasteiger partial charge in [-0.2, -0.15) is 0 Å². The molecule has 0 radical (unpaired) electrons. The molecule has 0 aliphatic rings. The summed E-state index contributed by atoms with van der Waals surface area (Å²) in [6, 6.07) is 25.4. The Morgan fingerprint density at radius 2 is 1.41 bits per heavy atom. The van der Waals surface area contributed by atoms with Crippen molar-refractivity contribution in [1.29, 1.82) is 0 Å². The van der Waals surface area contributed by atoms with Crippen molar-refractivity contribution >= 4 is 11.9 Å². The molecule has 0 aliphatic heterocycles. The second kappa shape index (κ2) is 13.0. The highest BCUT2D eigenvalue weighted by Crippen LogP contribution is 2.29. The first kappa shape index (κ1) is 24.8. The van der Waals surface area contributed by atoms with Crippen LogP contribution in [-0.4, -0.2) is 30.5 Å². The summed E-state index contributed by atoms with van der Waals surface area (Å²) in [7, 11) is 1.60. The molecule has 6 nitrogen and oxygen atoms in total. The monoisotopic (exact) mass is 461 g/mol. The maximum absolute atomic E-state index is 13.0.